The third kappa shape index (κ3) is 4.17. The molecule has 1 aliphatic carbocycles. The number of carbonyl (C=O) groups is 1. The highest BCUT2D eigenvalue weighted by molar-refractivity contribution is 5.78. The van der Waals surface area contributed by atoms with Gasteiger partial charge in [0.15, 0.2) is 6.61 Å². The van der Waals surface area contributed by atoms with Crippen LogP contribution in [0, 0.1) is 5.92 Å². The van der Waals surface area contributed by atoms with Gasteiger partial charge in [-0.05, 0) is 59.9 Å². The molecule has 1 atom stereocenters. The van der Waals surface area contributed by atoms with E-state index >= 15 is 0 Å². The fourth-order valence-corrected chi connectivity index (χ4v) is 4.64. The highest BCUT2D eigenvalue weighted by Gasteiger charge is 2.44. The minimum absolute atomic E-state index is 0.0136. The summed E-state index contributed by atoms with van der Waals surface area (Å²) in [5.74, 6) is 1.53. The first kappa shape index (κ1) is 19.4. The first-order valence-electron chi connectivity index (χ1n) is 10.8. The average molecular weight is 412 g/mol. The molecular formula is C21H28N6O3. The fourth-order valence-electron chi connectivity index (χ4n) is 4.64. The van der Waals surface area contributed by atoms with Crippen molar-refractivity contribution >= 4 is 5.91 Å². The molecule has 1 aromatic heterocycles. The molecule has 9 heteroatoms. The maximum Gasteiger partial charge on any atom is 0.260 e. The molecule has 0 N–H and O–H groups in total. The van der Waals surface area contributed by atoms with Crippen molar-refractivity contribution in [2.24, 2.45) is 5.92 Å². The molecule has 1 unspecified atom stereocenters. The van der Waals surface area contributed by atoms with E-state index in [4.69, 9.17) is 9.47 Å². The predicted molar refractivity (Wildman–Crippen MR) is 108 cm³/mol. The third-order valence-corrected chi connectivity index (χ3v) is 6.55. The van der Waals surface area contributed by atoms with E-state index in [2.05, 4.69) is 20.4 Å². The van der Waals surface area contributed by atoms with E-state index in [1.165, 1.54) is 32.1 Å². The Hall–Kier alpha value is -2.52. The zero-order valence-electron chi connectivity index (χ0n) is 17.2. The molecule has 30 heavy (non-hydrogen) atoms. The number of carbonyl (C=O) groups excluding carboxylic acids is 1. The first-order valence-corrected chi connectivity index (χ1v) is 10.8. The molecule has 0 radical (unpaired) electrons. The first-order chi connectivity index (χ1) is 14.7. The summed E-state index contributed by atoms with van der Waals surface area (Å²) < 4.78 is 13.5. The molecule has 1 amide bonds. The minimum Gasteiger partial charge on any atom is -0.484 e. The predicted octanol–water partition coefficient (Wildman–Crippen LogP) is 1.14. The molecule has 2 aliphatic heterocycles. The summed E-state index contributed by atoms with van der Waals surface area (Å²) >= 11 is 0. The summed E-state index contributed by atoms with van der Waals surface area (Å²) in [6, 6.07) is 7.35. The fraction of sp³-hybridized carbons (Fsp3) is 0.619. The van der Waals surface area contributed by atoms with Crippen LogP contribution in [-0.2, 0) is 9.53 Å². The number of nitrogens with zero attached hydrogens (tertiary/aromatic N) is 6. The van der Waals surface area contributed by atoms with Gasteiger partial charge in [-0.3, -0.25) is 4.79 Å². The van der Waals surface area contributed by atoms with E-state index in [1.807, 2.05) is 29.2 Å². The molecule has 0 bridgehead atoms. The van der Waals surface area contributed by atoms with Crippen molar-refractivity contribution in [3.63, 3.8) is 0 Å². The molecule has 2 aromatic rings. The number of likely N-dealkylation sites (tertiary alicyclic amines) is 1. The lowest BCUT2D eigenvalue weighted by Crippen LogP contribution is -2.56. The molecule has 1 saturated carbocycles. The third-order valence-electron chi connectivity index (χ3n) is 6.55. The van der Waals surface area contributed by atoms with Crippen LogP contribution in [0.4, 0.5) is 0 Å². The Morgan fingerprint density at radius 2 is 2.07 bits per heavy atom. The van der Waals surface area contributed by atoms with E-state index in [0.29, 0.717) is 25.4 Å². The molecule has 3 aliphatic rings. The average Bonchev–Trinajstić information content (AvgIpc) is 3.40. The van der Waals surface area contributed by atoms with Crippen LogP contribution in [0.3, 0.4) is 0 Å². The minimum atomic E-state index is -0.203. The smallest absolute Gasteiger partial charge is 0.260 e. The van der Waals surface area contributed by atoms with Gasteiger partial charge in [-0.15, -0.1) is 5.10 Å². The maximum atomic E-state index is 12.8. The number of rotatable bonds is 6. The quantitative estimate of drug-likeness (QED) is 0.703. The van der Waals surface area contributed by atoms with Crippen LogP contribution in [0.15, 0.2) is 30.6 Å². The van der Waals surface area contributed by atoms with E-state index in [9.17, 15) is 4.79 Å². The van der Waals surface area contributed by atoms with Gasteiger partial charge in [-0.2, -0.15) is 0 Å². The Bertz CT molecular complexity index is 854. The van der Waals surface area contributed by atoms with Crippen LogP contribution in [0.5, 0.6) is 5.75 Å². The van der Waals surface area contributed by atoms with E-state index in [-0.39, 0.29) is 18.1 Å². The van der Waals surface area contributed by atoms with Crippen molar-refractivity contribution in [1.29, 1.82) is 0 Å². The normalized spacial score (nSPS) is 24.9. The lowest BCUT2D eigenvalue weighted by Gasteiger charge is -2.40. The number of amides is 1. The standard InChI is InChI=1S/C21H28N6O3/c28-20(13-29-19-6-4-18(5-7-19)27-16-22-23-24-27)26-10-11-30-21(15-26)8-9-25(14-21)12-17-2-1-3-17/h4-7,16-17H,1-3,8-15H2. The maximum absolute atomic E-state index is 12.8. The summed E-state index contributed by atoms with van der Waals surface area (Å²) in [5, 5.41) is 11.1. The van der Waals surface area contributed by atoms with Crippen molar-refractivity contribution < 1.29 is 14.3 Å². The molecule has 5 rings (SSSR count). The summed E-state index contributed by atoms with van der Waals surface area (Å²) in [5.41, 5.74) is 0.631. The van der Waals surface area contributed by atoms with E-state index < -0.39 is 0 Å². The van der Waals surface area contributed by atoms with Crippen molar-refractivity contribution in [2.45, 2.75) is 31.3 Å². The lowest BCUT2D eigenvalue weighted by molar-refractivity contribution is -0.150. The van der Waals surface area contributed by atoms with Gasteiger partial charge in [0, 0.05) is 26.2 Å². The van der Waals surface area contributed by atoms with Gasteiger partial charge in [-0.1, -0.05) is 6.42 Å². The van der Waals surface area contributed by atoms with Crippen molar-refractivity contribution in [3.8, 4) is 11.4 Å². The molecule has 3 heterocycles. The topological polar surface area (TPSA) is 85.6 Å². The Balaban J connectivity index is 1.12. The number of tetrazole rings is 1. The number of morpholine rings is 1. The van der Waals surface area contributed by atoms with Crippen LogP contribution < -0.4 is 4.74 Å². The van der Waals surface area contributed by atoms with Crippen molar-refractivity contribution in [3.05, 3.63) is 30.6 Å². The van der Waals surface area contributed by atoms with Crippen LogP contribution >= 0.6 is 0 Å². The Morgan fingerprint density at radius 1 is 1.20 bits per heavy atom. The van der Waals surface area contributed by atoms with Crippen LogP contribution in [0.25, 0.3) is 5.69 Å². The van der Waals surface area contributed by atoms with Crippen molar-refractivity contribution in [2.75, 3.05) is 45.9 Å². The monoisotopic (exact) mass is 412 g/mol. The molecular weight excluding hydrogens is 384 g/mol. The number of aromatic nitrogens is 4. The van der Waals surface area contributed by atoms with Gasteiger partial charge >= 0.3 is 0 Å². The number of ether oxygens (including phenoxy) is 2. The van der Waals surface area contributed by atoms with Gasteiger partial charge in [0.25, 0.3) is 5.91 Å². The molecule has 9 nitrogen and oxygen atoms in total. The number of hydrogen-bond acceptors (Lipinski definition) is 7. The zero-order valence-corrected chi connectivity index (χ0v) is 17.2. The number of benzene rings is 1. The number of hydrogen-bond donors (Lipinski definition) is 0. The van der Waals surface area contributed by atoms with Gasteiger partial charge < -0.3 is 19.3 Å². The van der Waals surface area contributed by atoms with Crippen LogP contribution in [-0.4, -0.2) is 87.5 Å². The van der Waals surface area contributed by atoms with Gasteiger partial charge in [-0.25, -0.2) is 4.68 Å². The van der Waals surface area contributed by atoms with Crippen molar-refractivity contribution in [1.82, 2.24) is 30.0 Å². The van der Waals surface area contributed by atoms with Crippen LogP contribution in [0.1, 0.15) is 25.7 Å². The molecule has 2 saturated heterocycles. The molecule has 160 valence electrons. The van der Waals surface area contributed by atoms with Gasteiger partial charge in [0.1, 0.15) is 12.1 Å². The second kappa shape index (κ2) is 8.31. The van der Waals surface area contributed by atoms with Gasteiger partial charge in [0.05, 0.1) is 24.4 Å². The second-order valence-corrected chi connectivity index (χ2v) is 8.67. The lowest BCUT2D eigenvalue weighted by atomic mass is 9.85. The second-order valence-electron chi connectivity index (χ2n) is 8.67. The van der Waals surface area contributed by atoms with Crippen LogP contribution in [0.2, 0.25) is 0 Å². The zero-order chi connectivity index (χ0) is 20.4. The molecule has 1 spiro atoms. The SMILES string of the molecule is O=C(COc1ccc(-n2cnnn2)cc1)N1CCOC2(CCN(CC3CCC3)C2)C1. The highest BCUT2D eigenvalue weighted by Crippen LogP contribution is 2.33. The summed E-state index contributed by atoms with van der Waals surface area (Å²) in [6.45, 7) is 5.12. The molecule has 1 aromatic carbocycles. The summed E-state index contributed by atoms with van der Waals surface area (Å²) in [4.78, 5) is 17.2. The van der Waals surface area contributed by atoms with Gasteiger partial charge in [0.2, 0.25) is 0 Å². The van der Waals surface area contributed by atoms with E-state index in [1.54, 1.807) is 4.68 Å². The summed E-state index contributed by atoms with van der Waals surface area (Å²) in [7, 11) is 0. The highest BCUT2D eigenvalue weighted by atomic mass is 16.5. The van der Waals surface area contributed by atoms with E-state index in [0.717, 1.165) is 31.1 Å². The largest absolute Gasteiger partial charge is 0.484 e. The Morgan fingerprint density at radius 3 is 2.80 bits per heavy atom. The Kier molecular flexibility index (Phi) is 5.39. The molecule has 3 fully saturated rings. The summed E-state index contributed by atoms with van der Waals surface area (Å²) in [6.07, 6.45) is 6.64. The Labute approximate surface area is 175 Å².